The highest BCUT2D eigenvalue weighted by Gasteiger charge is 2.16. The van der Waals surface area contributed by atoms with Gasteiger partial charge in [0.15, 0.2) is 11.8 Å². The Labute approximate surface area is 142 Å². The summed E-state index contributed by atoms with van der Waals surface area (Å²) in [5, 5.41) is 39.4. The van der Waals surface area contributed by atoms with Crippen LogP contribution in [-0.4, -0.2) is 29.6 Å². The van der Waals surface area contributed by atoms with Gasteiger partial charge in [-0.2, -0.15) is 0 Å². The Kier molecular flexibility index (Phi) is 4.50. The Hall–Kier alpha value is -3.38. The molecule has 4 N–H and O–H groups in total. The minimum Gasteiger partial charge on any atom is -0.507 e. The van der Waals surface area contributed by atoms with Crippen LogP contribution in [0.5, 0.6) is 23.3 Å². The van der Waals surface area contributed by atoms with Gasteiger partial charge in [-0.25, -0.2) is 0 Å². The summed E-state index contributed by atoms with van der Waals surface area (Å²) in [5.41, 5.74) is 1.26. The van der Waals surface area contributed by atoms with Crippen molar-refractivity contribution in [3.63, 3.8) is 0 Å². The van der Waals surface area contributed by atoms with Crippen molar-refractivity contribution in [1.82, 2.24) is 9.13 Å². The number of nitrogens with zero attached hydrogens (tertiary/aromatic N) is 2. The number of pyridine rings is 2. The second kappa shape index (κ2) is 6.26. The highest BCUT2D eigenvalue weighted by molar-refractivity contribution is 5.66. The minimum absolute atomic E-state index is 0.120. The van der Waals surface area contributed by atoms with Crippen LogP contribution in [0.3, 0.4) is 0 Å². The molecule has 2 rings (SSSR count). The molecule has 8 nitrogen and oxygen atoms in total. The van der Waals surface area contributed by atoms with Crippen LogP contribution in [0.2, 0.25) is 0 Å². The third-order valence-corrected chi connectivity index (χ3v) is 4.05. The van der Waals surface area contributed by atoms with E-state index in [9.17, 15) is 30.0 Å². The molecule has 8 heteroatoms. The Morgan fingerprint density at radius 3 is 1.40 bits per heavy atom. The monoisotopic (exact) mass is 346 g/mol. The molecule has 2 aromatic heterocycles. The van der Waals surface area contributed by atoms with Crippen LogP contribution in [0.1, 0.15) is 22.3 Å². The normalized spacial score (nSPS) is 10.4. The number of aromatic hydroxyl groups is 4. The summed E-state index contributed by atoms with van der Waals surface area (Å²) in [6.45, 7) is 2.88. The lowest BCUT2D eigenvalue weighted by Crippen LogP contribution is -2.20. The summed E-state index contributed by atoms with van der Waals surface area (Å²) in [6.07, 6.45) is 2.29. The van der Waals surface area contributed by atoms with Gasteiger partial charge in [0.1, 0.15) is 11.5 Å². The topological polar surface area (TPSA) is 125 Å². The van der Waals surface area contributed by atoms with E-state index in [0.29, 0.717) is 0 Å². The average Bonchev–Trinajstić information content (AvgIpc) is 2.60. The SMILES string of the molecule is Cc1c(O)c(C=C=Cc2c(O)c(C)c(O)n(C)c2=O)c(=O)n(C)c1O. The molecule has 0 aliphatic rings. The summed E-state index contributed by atoms with van der Waals surface area (Å²) in [5.74, 6) is -1.52. The van der Waals surface area contributed by atoms with Gasteiger partial charge in [-0.15, -0.1) is 5.73 Å². The fourth-order valence-electron chi connectivity index (χ4n) is 2.34. The molecule has 0 aromatic carbocycles. The molecule has 0 atom stereocenters. The van der Waals surface area contributed by atoms with E-state index < -0.39 is 22.6 Å². The molecule has 0 fully saturated rings. The number of aromatic nitrogens is 2. The maximum absolute atomic E-state index is 12.1. The molecule has 0 saturated heterocycles. The summed E-state index contributed by atoms with van der Waals surface area (Å²) in [4.78, 5) is 24.2. The van der Waals surface area contributed by atoms with Crippen molar-refractivity contribution in [1.29, 1.82) is 0 Å². The van der Waals surface area contributed by atoms with Gasteiger partial charge >= 0.3 is 0 Å². The Balaban J connectivity index is 2.68. The van der Waals surface area contributed by atoms with Gasteiger partial charge in [0.25, 0.3) is 11.1 Å². The Morgan fingerprint density at radius 1 is 0.760 bits per heavy atom. The van der Waals surface area contributed by atoms with Crippen LogP contribution in [-0.2, 0) is 14.1 Å². The van der Waals surface area contributed by atoms with E-state index in [1.165, 1.54) is 27.9 Å². The van der Waals surface area contributed by atoms with Crippen LogP contribution in [0.4, 0.5) is 0 Å². The largest absolute Gasteiger partial charge is 0.507 e. The highest BCUT2D eigenvalue weighted by Crippen LogP contribution is 2.28. The van der Waals surface area contributed by atoms with E-state index in [-0.39, 0.29) is 34.0 Å². The molecule has 0 radical (unpaired) electrons. The van der Waals surface area contributed by atoms with Crippen LogP contribution in [0.15, 0.2) is 15.3 Å². The van der Waals surface area contributed by atoms with Gasteiger partial charge in [-0.1, -0.05) is 0 Å². The van der Waals surface area contributed by atoms with E-state index >= 15 is 0 Å². The van der Waals surface area contributed by atoms with Crippen molar-refractivity contribution in [3.05, 3.63) is 48.7 Å². The first-order valence-electron chi connectivity index (χ1n) is 7.25. The van der Waals surface area contributed by atoms with Gasteiger partial charge in [0, 0.05) is 14.1 Å². The summed E-state index contributed by atoms with van der Waals surface area (Å²) in [6, 6.07) is 0. The van der Waals surface area contributed by atoms with E-state index in [4.69, 9.17) is 0 Å². The first kappa shape index (κ1) is 18.0. The number of rotatable bonds is 2. The Bertz CT molecular complexity index is 971. The summed E-state index contributed by atoms with van der Waals surface area (Å²) in [7, 11) is 2.69. The van der Waals surface area contributed by atoms with Gasteiger partial charge < -0.3 is 20.4 Å². The van der Waals surface area contributed by atoms with Crippen molar-refractivity contribution in [2.24, 2.45) is 14.1 Å². The zero-order chi connectivity index (χ0) is 19.0. The molecule has 0 amide bonds. The Morgan fingerprint density at radius 2 is 1.08 bits per heavy atom. The number of hydrogen-bond acceptors (Lipinski definition) is 6. The predicted octanol–water partition coefficient (Wildman–Crippen LogP) is 0.849. The predicted molar refractivity (Wildman–Crippen MR) is 91.9 cm³/mol. The molecule has 0 spiro atoms. The summed E-state index contributed by atoms with van der Waals surface area (Å²) >= 11 is 0. The molecule has 0 unspecified atom stereocenters. The molecule has 0 saturated carbocycles. The molecule has 0 aliphatic carbocycles. The van der Waals surface area contributed by atoms with Gasteiger partial charge in [-0.05, 0) is 26.0 Å². The van der Waals surface area contributed by atoms with Crippen molar-refractivity contribution < 1.29 is 20.4 Å². The second-order valence-corrected chi connectivity index (χ2v) is 5.61. The van der Waals surface area contributed by atoms with E-state index in [1.807, 2.05) is 0 Å². The molecular weight excluding hydrogens is 328 g/mol. The zero-order valence-corrected chi connectivity index (χ0v) is 14.2. The van der Waals surface area contributed by atoms with E-state index in [2.05, 4.69) is 5.73 Å². The number of hydrogen-bond donors (Lipinski definition) is 4. The van der Waals surface area contributed by atoms with Crippen LogP contribution >= 0.6 is 0 Å². The molecule has 0 aliphatic heterocycles. The van der Waals surface area contributed by atoms with Crippen molar-refractivity contribution >= 4 is 12.2 Å². The lowest BCUT2D eigenvalue weighted by molar-refractivity contribution is 0.401. The van der Waals surface area contributed by atoms with Crippen LogP contribution in [0.25, 0.3) is 12.2 Å². The maximum Gasteiger partial charge on any atom is 0.264 e. The van der Waals surface area contributed by atoms with E-state index in [0.717, 1.165) is 21.3 Å². The minimum atomic E-state index is -0.652. The highest BCUT2D eigenvalue weighted by atomic mass is 16.3. The maximum atomic E-state index is 12.1. The standard InChI is InChI=1S/C17H18N2O6/c1-8-12(20)10(16(24)18(3)14(8)22)6-5-7-11-13(21)9(2)15(23)19(4)17(11)25/h6-7,20-23H,1-4H3. The van der Waals surface area contributed by atoms with Gasteiger partial charge in [0.2, 0.25) is 0 Å². The van der Waals surface area contributed by atoms with Gasteiger partial charge in [-0.3, -0.25) is 18.7 Å². The van der Waals surface area contributed by atoms with Crippen molar-refractivity contribution in [3.8, 4) is 23.3 Å². The molecule has 132 valence electrons. The summed E-state index contributed by atoms with van der Waals surface area (Å²) < 4.78 is 1.92. The molecule has 2 heterocycles. The lowest BCUT2D eigenvalue weighted by atomic mass is 10.1. The smallest absolute Gasteiger partial charge is 0.264 e. The molecule has 25 heavy (non-hydrogen) atoms. The van der Waals surface area contributed by atoms with Gasteiger partial charge in [0.05, 0.1) is 22.3 Å². The molecule has 0 bridgehead atoms. The fourth-order valence-corrected chi connectivity index (χ4v) is 2.34. The third-order valence-electron chi connectivity index (χ3n) is 4.05. The van der Waals surface area contributed by atoms with Crippen LogP contribution in [0, 0.1) is 13.8 Å². The first-order chi connectivity index (χ1) is 11.6. The third kappa shape index (κ3) is 2.79. The molecule has 2 aromatic rings. The quantitative estimate of drug-likeness (QED) is 0.598. The average molecular weight is 346 g/mol. The van der Waals surface area contributed by atoms with E-state index in [1.54, 1.807) is 0 Å². The molecular formula is C17H18N2O6. The first-order valence-corrected chi connectivity index (χ1v) is 7.25. The zero-order valence-electron chi connectivity index (χ0n) is 14.2. The van der Waals surface area contributed by atoms with Crippen molar-refractivity contribution in [2.75, 3.05) is 0 Å². The van der Waals surface area contributed by atoms with Crippen LogP contribution < -0.4 is 11.1 Å². The second-order valence-electron chi connectivity index (χ2n) is 5.61. The fraction of sp³-hybridized carbons (Fsp3) is 0.235. The lowest BCUT2D eigenvalue weighted by Gasteiger charge is -2.09. The van der Waals surface area contributed by atoms with Crippen molar-refractivity contribution in [2.45, 2.75) is 13.8 Å².